The number of nitrogens with zero attached hydrogens (tertiary/aromatic N) is 3. The summed E-state index contributed by atoms with van der Waals surface area (Å²) in [6.45, 7) is 3.95. The third-order valence-electron chi connectivity index (χ3n) is 4.54. The van der Waals surface area contributed by atoms with Gasteiger partial charge in [-0.25, -0.2) is 9.78 Å². The number of hydrogen-bond donors (Lipinski definition) is 0. The summed E-state index contributed by atoms with van der Waals surface area (Å²) < 4.78 is 11.1. The average molecular weight is 450 g/mol. The van der Waals surface area contributed by atoms with Gasteiger partial charge in [-0.3, -0.25) is 4.79 Å². The monoisotopic (exact) mass is 449 g/mol. The van der Waals surface area contributed by atoms with Gasteiger partial charge in [-0.1, -0.05) is 24.3 Å². The van der Waals surface area contributed by atoms with Crippen LogP contribution in [0.3, 0.4) is 0 Å². The Morgan fingerprint density at radius 2 is 1.97 bits per heavy atom. The molecule has 1 heterocycles. The first-order chi connectivity index (χ1) is 15.5. The van der Waals surface area contributed by atoms with Crippen LogP contribution in [0.25, 0.3) is 0 Å². The molecule has 0 fully saturated rings. The number of amides is 1. The van der Waals surface area contributed by atoms with Crippen LogP contribution in [0.4, 0.5) is 5.69 Å². The number of thiazole rings is 1. The molecule has 0 radical (unpaired) electrons. The van der Waals surface area contributed by atoms with Crippen molar-refractivity contribution in [1.82, 2.24) is 4.98 Å². The quantitative estimate of drug-likeness (QED) is 0.446. The Labute approximate surface area is 190 Å². The summed E-state index contributed by atoms with van der Waals surface area (Å²) in [4.78, 5) is 31.4. The van der Waals surface area contributed by atoms with Gasteiger partial charge in [0.1, 0.15) is 12.4 Å². The fourth-order valence-corrected chi connectivity index (χ4v) is 3.58. The number of rotatable bonds is 9. The lowest BCUT2D eigenvalue weighted by Gasteiger charge is -2.25. The molecule has 1 unspecified atom stereocenters. The van der Waals surface area contributed by atoms with E-state index in [1.165, 1.54) is 11.8 Å². The highest BCUT2D eigenvalue weighted by Crippen LogP contribution is 2.19. The second-order valence-electron chi connectivity index (χ2n) is 6.96. The van der Waals surface area contributed by atoms with E-state index in [1.54, 1.807) is 59.9 Å². The molecule has 8 heteroatoms. The Morgan fingerprint density at radius 3 is 2.66 bits per heavy atom. The number of esters is 1. The maximum absolute atomic E-state index is 13.0. The predicted molar refractivity (Wildman–Crippen MR) is 122 cm³/mol. The minimum atomic E-state index is -1.02. The van der Waals surface area contributed by atoms with Gasteiger partial charge >= 0.3 is 5.97 Å². The molecule has 0 bridgehead atoms. The Kier molecular flexibility index (Phi) is 7.95. The molecular weight excluding hydrogens is 426 g/mol. The van der Waals surface area contributed by atoms with Gasteiger partial charge in [0.2, 0.25) is 0 Å². The van der Waals surface area contributed by atoms with Gasteiger partial charge in [0.15, 0.2) is 6.10 Å². The van der Waals surface area contributed by atoms with E-state index in [0.29, 0.717) is 18.0 Å². The summed E-state index contributed by atoms with van der Waals surface area (Å²) in [6, 6.07) is 17.6. The largest absolute Gasteiger partial charge is 0.487 e. The van der Waals surface area contributed by atoms with E-state index in [-0.39, 0.29) is 18.5 Å². The number of carbonyl (C=O) groups is 2. The number of carbonyl (C=O) groups excluding carboxylic acids is 2. The average Bonchev–Trinajstić information content (AvgIpc) is 3.23. The molecule has 3 rings (SSSR count). The summed E-state index contributed by atoms with van der Waals surface area (Å²) in [5.41, 5.74) is 1.74. The summed E-state index contributed by atoms with van der Waals surface area (Å²) >= 11 is 1.54. The Bertz CT molecular complexity index is 1110. The molecule has 164 valence electrons. The highest BCUT2D eigenvalue weighted by Gasteiger charge is 2.25. The van der Waals surface area contributed by atoms with E-state index in [9.17, 15) is 9.59 Å². The lowest BCUT2D eigenvalue weighted by Crippen LogP contribution is -2.40. The lowest BCUT2D eigenvalue weighted by molar-refractivity contribution is -0.126. The summed E-state index contributed by atoms with van der Waals surface area (Å²) in [6.07, 6.45) is -0.858. The minimum absolute atomic E-state index is 0.166. The van der Waals surface area contributed by atoms with Gasteiger partial charge in [0, 0.05) is 17.6 Å². The first-order valence-corrected chi connectivity index (χ1v) is 10.9. The summed E-state index contributed by atoms with van der Waals surface area (Å²) in [7, 11) is 0. The van der Waals surface area contributed by atoms with Gasteiger partial charge in [-0.05, 0) is 44.2 Å². The number of para-hydroxylation sites is 1. The predicted octanol–water partition coefficient (Wildman–Crippen LogP) is 4.52. The van der Waals surface area contributed by atoms with E-state index >= 15 is 0 Å². The van der Waals surface area contributed by atoms with Crippen LogP contribution in [0.5, 0.6) is 5.75 Å². The Hall–Kier alpha value is -3.70. The zero-order valence-corrected chi connectivity index (χ0v) is 18.7. The maximum Gasteiger partial charge on any atom is 0.339 e. The molecule has 0 aliphatic heterocycles. The smallest absolute Gasteiger partial charge is 0.339 e. The minimum Gasteiger partial charge on any atom is -0.487 e. The highest BCUT2D eigenvalue weighted by atomic mass is 32.1. The van der Waals surface area contributed by atoms with Crippen molar-refractivity contribution in [3.63, 3.8) is 0 Å². The Balaban J connectivity index is 1.64. The van der Waals surface area contributed by atoms with Crippen LogP contribution in [0.2, 0.25) is 0 Å². The fraction of sp³-hybridized carbons (Fsp3) is 0.250. The molecule has 7 nitrogen and oxygen atoms in total. The number of anilines is 1. The molecule has 1 aromatic heterocycles. The normalized spacial score (nSPS) is 11.3. The standard InChI is InChI=1S/C24H23N3O4S/c1-17(23(28)27(13-7-12-25)21-9-4-3-5-10-21)31-24(29)19-8-6-11-22(14-19)30-15-20-16-32-18(2)26-20/h3-6,8-11,14,16-17H,7,13,15H2,1-2H3. The van der Waals surface area contributed by atoms with E-state index in [1.807, 2.05) is 24.4 Å². The van der Waals surface area contributed by atoms with Gasteiger partial charge in [-0.15, -0.1) is 11.3 Å². The van der Waals surface area contributed by atoms with Crippen LogP contribution in [-0.4, -0.2) is 29.5 Å². The number of aryl methyl sites for hydroxylation is 1. The molecule has 0 saturated heterocycles. The van der Waals surface area contributed by atoms with Crippen molar-refractivity contribution in [2.24, 2.45) is 0 Å². The third kappa shape index (κ3) is 6.15. The second kappa shape index (κ2) is 11.1. The topological polar surface area (TPSA) is 92.5 Å². The molecule has 0 spiro atoms. The van der Waals surface area contributed by atoms with E-state index in [0.717, 1.165) is 10.7 Å². The molecule has 0 aliphatic rings. The van der Waals surface area contributed by atoms with Gasteiger partial charge in [-0.2, -0.15) is 5.26 Å². The van der Waals surface area contributed by atoms with E-state index in [4.69, 9.17) is 14.7 Å². The molecular formula is C24H23N3O4S. The molecule has 1 atom stereocenters. The molecule has 1 amide bonds. The number of aromatic nitrogens is 1. The highest BCUT2D eigenvalue weighted by molar-refractivity contribution is 7.09. The zero-order valence-electron chi connectivity index (χ0n) is 17.9. The van der Waals surface area contributed by atoms with Crippen molar-refractivity contribution in [2.75, 3.05) is 11.4 Å². The van der Waals surface area contributed by atoms with E-state index in [2.05, 4.69) is 4.98 Å². The Morgan fingerprint density at radius 1 is 1.19 bits per heavy atom. The van der Waals surface area contributed by atoms with E-state index < -0.39 is 18.0 Å². The van der Waals surface area contributed by atoms with Gasteiger partial charge in [0.25, 0.3) is 5.91 Å². The zero-order chi connectivity index (χ0) is 22.9. The van der Waals surface area contributed by atoms with Crippen LogP contribution >= 0.6 is 11.3 Å². The maximum atomic E-state index is 13.0. The molecule has 0 aliphatic carbocycles. The summed E-state index contributed by atoms with van der Waals surface area (Å²) in [5.74, 6) is -0.524. The molecule has 32 heavy (non-hydrogen) atoms. The first kappa shape index (κ1) is 23.0. The van der Waals surface area contributed by atoms with Gasteiger partial charge in [0.05, 0.1) is 28.8 Å². The van der Waals surface area contributed by atoms with Gasteiger partial charge < -0.3 is 14.4 Å². The first-order valence-electron chi connectivity index (χ1n) is 10.1. The molecule has 0 saturated carbocycles. The van der Waals surface area contributed by atoms with Crippen molar-refractivity contribution in [2.45, 2.75) is 33.0 Å². The van der Waals surface area contributed by atoms with Crippen molar-refractivity contribution in [3.8, 4) is 11.8 Å². The fourth-order valence-electron chi connectivity index (χ4n) is 2.98. The number of hydrogen-bond acceptors (Lipinski definition) is 7. The number of nitriles is 1. The molecule has 3 aromatic rings. The van der Waals surface area contributed by atoms with Crippen molar-refractivity contribution in [1.29, 1.82) is 5.26 Å². The van der Waals surface area contributed by atoms with Crippen LogP contribution in [0, 0.1) is 18.3 Å². The van der Waals surface area contributed by atoms with Crippen LogP contribution in [0.15, 0.2) is 60.0 Å². The molecule has 0 N–H and O–H groups in total. The van der Waals surface area contributed by atoms with Crippen LogP contribution < -0.4 is 9.64 Å². The third-order valence-corrected chi connectivity index (χ3v) is 5.36. The number of ether oxygens (including phenoxy) is 2. The van der Waals surface area contributed by atoms with Crippen LogP contribution in [-0.2, 0) is 16.1 Å². The summed E-state index contributed by atoms with van der Waals surface area (Å²) in [5, 5.41) is 11.8. The van der Waals surface area contributed by atoms with Crippen molar-refractivity contribution in [3.05, 3.63) is 76.2 Å². The van der Waals surface area contributed by atoms with Crippen molar-refractivity contribution < 1.29 is 19.1 Å². The van der Waals surface area contributed by atoms with Crippen molar-refractivity contribution >= 4 is 28.9 Å². The molecule has 2 aromatic carbocycles. The number of benzene rings is 2. The lowest BCUT2D eigenvalue weighted by atomic mass is 10.2. The van der Waals surface area contributed by atoms with Crippen LogP contribution in [0.1, 0.15) is 34.4 Å². The second-order valence-corrected chi connectivity index (χ2v) is 8.02. The SMILES string of the molecule is Cc1nc(COc2cccc(C(=O)OC(C)C(=O)N(CCC#N)c3ccccc3)c2)cs1.